The molecule has 0 saturated carbocycles. The Morgan fingerprint density at radius 2 is 0.815 bits per heavy atom. The summed E-state index contributed by atoms with van der Waals surface area (Å²) in [5.41, 5.74) is 1.83. The summed E-state index contributed by atoms with van der Waals surface area (Å²) in [5, 5.41) is 14.6. The first-order valence-electron chi connectivity index (χ1n) is 9.06. The van der Waals surface area contributed by atoms with Gasteiger partial charge in [0.25, 0.3) is 0 Å². The van der Waals surface area contributed by atoms with E-state index in [9.17, 15) is 5.11 Å². The second-order valence-corrected chi connectivity index (χ2v) is 8.63. The lowest BCUT2D eigenvalue weighted by molar-refractivity contribution is 0.220. The van der Waals surface area contributed by atoms with Gasteiger partial charge in [0.05, 0.1) is 0 Å². The fourth-order valence-corrected chi connectivity index (χ4v) is 5.52. The van der Waals surface area contributed by atoms with Crippen molar-refractivity contribution < 1.29 is 5.11 Å². The van der Waals surface area contributed by atoms with Crippen molar-refractivity contribution >= 4 is 23.8 Å². The van der Waals surface area contributed by atoms with E-state index in [-0.39, 0.29) is 0 Å². The molecule has 1 N–H and O–H groups in total. The topological polar surface area (TPSA) is 20.2 Å². The lowest BCUT2D eigenvalue weighted by Gasteiger charge is -2.20. The van der Waals surface area contributed by atoms with Gasteiger partial charge in [-0.2, -0.15) is 0 Å². The minimum Gasteiger partial charge on any atom is -0.384 e. The van der Waals surface area contributed by atoms with Gasteiger partial charge < -0.3 is 5.11 Å². The van der Waals surface area contributed by atoms with E-state index in [0.29, 0.717) is 0 Å². The Hall–Kier alpha value is -2.73. The Bertz CT molecular complexity index is 927. The van der Waals surface area contributed by atoms with Gasteiger partial charge in [0.1, 0.15) is 6.10 Å². The molecule has 132 valence electrons. The Labute approximate surface area is 161 Å². The molecule has 0 saturated heterocycles. The van der Waals surface area contributed by atoms with Crippen LogP contribution >= 0.6 is 7.92 Å². The molecule has 0 amide bonds. The van der Waals surface area contributed by atoms with Crippen LogP contribution in [0.4, 0.5) is 0 Å². The Balaban J connectivity index is 1.69. The lowest BCUT2D eigenvalue weighted by Crippen LogP contribution is -2.20. The second-order valence-electron chi connectivity index (χ2n) is 6.41. The fourth-order valence-electron chi connectivity index (χ4n) is 3.23. The predicted molar refractivity (Wildman–Crippen MR) is 116 cm³/mol. The van der Waals surface area contributed by atoms with Gasteiger partial charge in [0, 0.05) is 0 Å². The number of hydrogen-bond acceptors (Lipinski definition) is 1. The van der Waals surface area contributed by atoms with Gasteiger partial charge in [-0.25, -0.2) is 0 Å². The predicted octanol–water partition coefficient (Wildman–Crippen LogP) is 4.53. The monoisotopic (exact) mass is 368 g/mol. The van der Waals surface area contributed by atoms with Crippen LogP contribution in [-0.4, -0.2) is 5.11 Å². The smallest absolute Gasteiger partial charge is 0.104 e. The highest BCUT2D eigenvalue weighted by molar-refractivity contribution is 7.79. The molecule has 0 aliphatic heterocycles. The molecule has 27 heavy (non-hydrogen) atoms. The van der Waals surface area contributed by atoms with E-state index < -0.39 is 14.0 Å². The van der Waals surface area contributed by atoms with Crippen molar-refractivity contribution in [3.63, 3.8) is 0 Å². The standard InChI is InChI=1S/C25H21OP/c26-25(20-10-4-1-5-11-20)21-16-18-24(19-17-21)27(22-12-6-2-7-13-22)23-14-8-3-9-15-23/h1-19,25-26H. The molecule has 4 rings (SSSR count). The molecular formula is C25H21OP. The third-order valence-corrected chi connectivity index (χ3v) is 7.05. The fraction of sp³-hybridized carbons (Fsp3) is 0.0400. The molecule has 1 nitrogen and oxygen atoms in total. The summed E-state index contributed by atoms with van der Waals surface area (Å²) >= 11 is 0. The molecular weight excluding hydrogens is 347 g/mol. The SMILES string of the molecule is OC(c1ccccc1)c1ccc(P(c2ccccc2)c2ccccc2)cc1. The van der Waals surface area contributed by atoms with Gasteiger partial charge in [-0.1, -0.05) is 115 Å². The Morgan fingerprint density at radius 3 is 1.30 bits per heavy atom. The summed E-state index contributed by atoms with van der Waals surface area (Å²) in [6.45, 7) is 0. The molecule has 0 aliphatic rings. The van der Waals surface area contributed by atoms with Gasteiger partial charge >= 0.3 is 0 Å². The third kappa shape index (κ3) is 4.01. The van der Waals surface area contributed by atoms with Crippen LogP contribution < -0.4 is 15.9 Å². The molecule has 0 heterocycles. The lowest BCUT2D eigenvalue weighted by atomic mass is 10.0. The maximum atomic E-state index is 10.7. The van der Waals surface area contributed by atoms with Crippen molar-refractivity contribution in [1.82, 2.24) is 0 Å². The van der Waals surface area contributed by atoms with Crippen molar-refractivity contribution in [2.45, 2.75) is 6.10 Å². The van der Waals surface area contributed by atoms with Crippen LogP contribution in [-0.2, 0) is 0 Å². The normalized spacial score (nSPS) is 12.1. The van der Waals surface area contributed by atoms with Crippen LogP contribution in [0.3, 0.4) is 0 Å². The average Bonchev–Trinajstić information content (AvgIpc) is 2.76. The van der Waals surface area contributed by atoms with E-state index in [1.807, 2.05) is 42.5 Å². The van der Waals surface area contributed by atoms with Crippen molar-refractivity contribution in [2.24, 2.45) is 0 Å². The van der Waals surface area contributed by atoms with Crippen LogP contribution in [0.1, 0.15) is 17.2 Å². The molecule has 1 unspecified atom stereocenters. The van der Waals surface area contributed by atoms with Crippen LogP contribution in [0.15, 0.2) is 115 Å². The maximum Gasteiger partial charge on any atom is 0.104 e. The maximum absolute atomic E-state index is 10.7. The first-order valence-corrected chi connectivity index (χ1v) is 10.4. The van der Waals surface area contributed by atoms with Gasteiger partial charge in [0.2, 0.25) is 0 Å². The Kier molecular flexibility index (Phi) is 5.44. The third-order valence-electron chi connectivity index (χ3n) is 4.61. The van der Waals surface area contributed by atoms with E-state index >= 15 is 0 Å². The van der Waals surface area contributed by atoms with Crippen LogP contribution in [0.2, 0.25) is 0 Å². The van der Waals surface area contributed by atoms with Gasteiger partial charge in [-0.05, 0) is 35.0 Å². The quantitative estimate of drug-likeness (QED) is 0.513. The second kappa shape index (κ2) is 8.31. The van der Waals surface area contributed by atoms with E-state index in [2.05, 4.69) is 72.8 Å². The highest BCUT2D eigenvalue weighted by atomic mass is 31.1. The van der Waals surface area contributed by atoms with Crippen LogP contribution in [0.25, 0.3) is 0 Å². The molecule has 0 aliphatic carbocycles. The molecule has 4 aromatic carbocycles. The summed E-state index contributed by atoms with van der Waals surface area (Å²) in [7, 11) is -0.614. The number of rotatable bonds is 5. The minimum atomic E-state index is -0.614. The van der Waals surface area contributed by atoms with Crippen molar-refractivity contribution in [3.05, 3.63) is 126 Å². The first kappa shape index (κ1) is 17.7. The van der Waals surface area contributed by atoms with Crippen LogP contribution in [0, 0.1) is 0 Å². The minimum absolute atomic E-state index is 0.597. The largest absolute Gasteiger partial charge is 0.384 e. The van der Waals surface area contributed by atoms with Crippen molar-refractivity contribution in [1.29, 1.82) is 0 Å². The molecule has 1 atom stereocenters. The number of aliphatic hydroxyl groups is 1. The summed E-state index contributed by atoms with van der Waals surface area (Å²) in [6.07, 6.45) is -0.597. The van der Waals surface area contributed by atoms with E-state index in [1.165, 1.54) is 15.9 Å². The zero-order valence-corrected chi connectivity index (χ0v) is 15.8. The number of aliphatic hydroxyl groups excluding tert-OH is 1. The molecule has 0 aromatic heterocycles. The summed E-state index contributed by atoms with van der Waals surface area (Å²) in [6, 6.07) is 39.5. The molecule has 4 aromatic rings. The first-order chi connectivity index (χ1) is 13.3. The van der Waals surface area contributed by atoms with Crippen molar-refractivity contribution in [3.8, 4) is 0 Å². The molecule has 2 heteroatoms. The molecule has 0 fully saturated rings. The number of benzene rings is 4. The van der Waals surface area contributed by atoms with E-state index in [0.717, 1.165) is 11.1 Å². The summed E-state index contributed by atoms with van der Waals surface area (Å²) in [5.74, 6) is 0. The van der Waals surface area contributed by atoms with Gasteiger partial charge in [0.15, 0.2) is 0 Å². The number of hydrogen-bond donors (Lipinski definition) is 1. The molecule has 0 spiro atoms. The molecule has 0 bridgehead atoms. The summed E-state index contributed by atoms with van der Waals surface area (Å²) in [4.78, 5) is 0. The highest BCUT2D eigenvalue weighted by Crippen LogP contribution is 2.33. The van der Waals surface area contributed by atoms with Crippen molar-refractivity contribution in [2.75, 3.05) is 0 Å². The zero-order chi connectivity index (χ0) is 18.5. The van der Waals surface area contributed by atoms with Gasteiger partial charge in [-0.15, -0.1) is 0 Å². The average molecular weight is 368 g/mol. The van der Waals surface area contributed by atoms with Crippen LogP contribution in [0.5, 0.6) is 0 Å². The van der Waals surface area contributed by atoms with Gasteiger partial charge in [-0.3, -0.25) is 0 Å². The summed E-state index contributed by atoms with van der Waals surface area (Å²) < 4.78 is 0. The Morgan fingerprint density at radius 1 is 0.444 bits per heavy atom. The molecule has 0 radical (unpaired) electrons. The highest BCUT2D eigenvalue weighted by Gasteiger charge is 2.17. The van der Waals surface area contributed by atoms with E-state index in [1.54, 1.807) is 0 Å². The zero-order valence-electron chi connectivity index (χ0n) is 14.9. The van der Waals surface area contributed by atoms with E-state index in [4.69, 9.17) is 0 Å².